The average molecular weight is 486 g/mol. The monoisotopic (exact) mass is 485 g/mol. The summed E-state index contributed by atoms with van der Waals surface area (Å²) in [6.07, 6.45) is 6.91. The average Bonchev–Trinajstić information content (AvgIpc) is 2.89. The Bertz CT molecular complexity index is 1210. The third kappa shape index (κ3) is 4.66. The molecule has 6 nitrogen and oxygen atoms in total. The van der Waals surface area contributed by atoms with Gasteiger partial charge in [-0.15, -0.1) is 0 Å². The molecule has 188 valence electrons. The Balaban J connectivity index is 1.11. The number of hydrogen-bond donors (Lipinski definition) is 1. The molecule has 1 aliphatic carbocycles. The van der Waals surface area contributed by atoms with Gasteiger partial charge in [0.1, 0.15) is 6.10 Å². The van der Waals surface area contributed by atoms with Crippen LogP contribution in [0.3, 0.4) is 0 Å². The molecule has 0 bridgehead atoms. The molecular formula is C30H35N3O3. The molecule has 1 atom stereocenters. The van der Waals surface area contributed by atoms with Crippen LogP contribution < -0.4 is 5.32 Å². The molecule has 6 rings (SSSR count). The summed E-state index contributed by atoms with van der Waals surface area (Å²) in [5.41, 5.74) is 0.825. The van der Waals surface area contributed by atoms with Crippen LogP contribution in [0.15, 0.2) is 54.6 Å². The molecule has 3 aromatic carbocycles. The summed E-state index contributed by atoms with van der Waals surface area (Å²) in [4.78, 5) is 30.6. The number of amides is 2. The van der Waals surface area contributed by atoms with Crippen LogP contribution in [0.2, 0.25) is 0 Å². The summed E-state index contributed by atoms with van der Waals surface area (Å²) >= 11 is 0. The van der Waals surface area contributed by atoms with Crippen LogP contribution in [0.4, 0.5) is 4.79 Å². The van der Waals surface area contributed by atoms with Gasteiger partial charge in [0.25, 0.3) is 5.91 Å². The maximum atomic E-state index is 13.8. The van der Waals surface area contributed by atoms with Crippen molar-refractivity contribution >= 4 is 33.5 Å². The number of carbonyl (C=O) groups is 2. The van der Waals surface area contributed by atoms with Gasteiger partial charge in [-0.25, -0.2) is 4.79 Å². The highest BCUT2D eigenvalue weighted by atomic mass is 16.6. The van der Waals surface area contributed by atoms with Gasteiger partial charge in [-0.1, -0.05) is 48.5 Å². The fourth-order valence-corrected chi connectivity index (χ4v) is 6.13. The summed E-state index contributed by atoms with van der Waals surface area (Å²) in [5.74, 6) is 0.133. The Morgan fingerprint density at radius 3 is 2.11 bits per heavy atom. The highest BCUT2D eigenvalue weighted by Gasteiger charge is 2.33. The van der Waals surface area contributed by atoms with E-state index in [0.717, 1.165) is 91.8 Å². The molecule has 2 saturated heterocycles. The lowest BCUT2D eigenvalue weighted by atomic mass is 9.93. The number of fused-ring (bicyclic) bond motifs is 2. The van der Waals surface area contributed by atoms with Gasteiger partial charge in [-0.05, 0) is 79.1 Å². The van der Waals surface area contributed by atoms with E-state index in [-0.39, 0.29) is 18.1 Å². The number of piperidine rings is 2. The normalized spacial score (nSPS) is 21.9. The maximum absolute atomic E-state index is 13.8. The summed E-state index contributed by atoms with van der Waals surface area (Å²) in [6, 6.07) is 19.3. The van der Waals surface area contributed by atoms with Crippen molar-refractivity contribution < 1.29 is 14.3 Å². The number of rotatable bonds is 4. The number of nitrogens with one attached hydrogen (secondary N) is 1. The Morgan fingerprint density at radius 1 is 0.806 bits per heavy atom. The van der Waals surface area contributed by atoms with E-state index in [2.05, 4.69) is 40.5 Å². The lowest BCUT2D eigenvalue weighted by Crippen LogP contribution is -2.52. The molecule has 2 aliphatic heterocycles. The predicted octanol–water partition coefficient (Wildman–Crippen LogP) is 5.34. The molecule has 3 aliphatic rings. The molecule has 1 N–H and O–H groups in total. The fourth-order valence-electron chi connectivity index (χ4n) is 6.13. The van der Waals surface area contributed by atoms with Crippen molar-refractivity contribution in [1.82, 2.24) is 15.1 Å². The minimum absolute atomic E-state index is 0.0412. The predicted molar refractivity (Wildman–Crippen MR) is 142 cm³/mol. The van der Waals surface area contributed by atoms with E-state index in [1.807, 2.05) is 29.2 Å². The zero-order chi connectivity index (χ0) is 24.5. The van der Waals surface area contributed by atoms with E-state index < -0.39 is 0 Å². The quantitative estimate of drug-likeness (QED) is 0.507. The summed E-state index contributed by atoms with van der Waals surface area (Å²) < 4.78 is 5.76. The smallest absolute Gasteiger partial charge is 0.407 e. The van der Waals surface area contributed by atoms with Crippen LogP contribution in [-0.2, 0) is 4.74 Å². The van der Waals surface area contributed by atoms with Crippen LogP contribution >= 0.6 is 0 Å². The molecule has 2 amide bonds. The molecule has 6 heteroatoms. The van der Waals surface area contributed by atoms with E-state index in [1.165, 1.54) is 6.42 Å². The maximum Gasteiger partial charge on any atom is 0.407 e. The molecule has 0 spiro atoms. The van der Waals surface area contributed by atoms with Crippen LogP contribution in [0.5, 0.6) is 0 Å². The first-order valence-electron chi connectivity index (χ1n) is 13.6. The van der Waals surface area contributed by atoms with Gasteiger partial charge in [0.05, 0.1) is 5.56 Å². The van der Waals surface area contributed by atoms with Crippen molar-refractivity contribution in [3.63, 3.8) is 0 Å². The summed E-state index contributed by atoms with van der Waals surface area (Å²) in [5, 5.41) is 7.26. The van der Waals surface area contributed by atoms with E-state index in [4.69, 9.17) is 4.74 Å². The second-order valence-electron chi connectivity index (χ2n) is 10.7. The highest BCUT2D eigenvalue weighted by molar-refractivity contribution is 6.18. The number of ether oxygens (including phenoxy) is 1. The van der Waals surface area contributed by atoms with Crippen molar-refractivity contribution in [2.45, 2.75) is 63.1 Å². The van der Waals surface area contributed by atoms with Crippen molar-refractivity contribution in [2.24, 2.45) is 0 Å². The molecule has 3 fully saturated rings. The first-order chi connectivity index (χ1) is 17.7. The lowest BCUT2D eigenvalue weighted by molar-refractivity contribution is 0.0101. The van der Waals surface area contributed by atoms with E-state index in [9.17, 15) is 9.59 Å². The van der Waals surface area contributed by atoms with Crippen LogP contribution in [0.1, 0.15) is 55.3 Å². The zero-order valence-electron chi connectivity index (χ0n) is 20.8. The minimum Gasteiger partial charge on any atom is -0.445 e. The lowest BCUT2D eigenvalue weighted by Gasteiger charge is -2.42. The molecule has 3 aromatic rings. The van der Waals surface area contributed by atoms with Crippen molar-refractivity contribution in [3.05, 3.63) is 60.2 Å². The SMILES string of the molecule is O=C(NC1CCC1)O[C@@H]1CCCN(C2CCN(C(=O)c3c4ccccc4cc4ccccc34)CC2)C1. The zero-order valence-corrected chi connectivity index (χ0v) is 20.8. The standard InChI is InChI=1S/C30H35N3O3/c34-29(28-26-12-3-1-7-21(26)19-22-8-2-4-13-27(22)28)32-17-14-24(15-18-32)33-16-6-11-25(20-33)36-30(35)31-23-9-5-10-23/h1-4,7-8,12-13,19,23-25H,5-6,9-11,14-18,20H2,(H,31,35)/t25-/m1/s1. The Kier molecular flexibility index (Phi) is 6.53. The number of hydrogen-bond acceptors (Lipinski definition) is 4. The number of nitrogens with zero attached hydrogens (tertiary/aromatic N) is 2. The number of likely N-dealkylation sites (tertiary alicyclic amines) is 2. The topological polar surface area (TPSA) is 61.9 Å². The van der Waals surface area contributed by atoms with Crippen LogP contribution in [0.25, 0.3) is 21.5 Å². The molecular weight excluding hydrogens is 450 g/mol. The van der Waals surface area contributed by atoms with Crippen molar-refractivity contribution in [3.8, 4) is 0 Å². The number of benzene rings is 3. The number of alkyl carbamates (subject to hydrolysis) is 1. The third-order valence-corrected chi connectivity index (χ3v) is 8.36. The van der Waals surface area contributed by atoms with Gasteiger partial charge in [0.15, 0.2) is 0 Å². The van der Waals surface area contributed by atoms with Gasteiger partial charge >= 0.3 is 6.09 Å². The molecule has 1 saturated carbocycles. The van der Waals surface area contributed by atoms with Crippen molar-refractivity contribution in [2.75, 3.05) is 26.2 Å². The van der Waals surface area contributed by atoms with Gasteiger partial charge in [0.2, 0.25) is 0 Å². The molecule has 2 heterocycles. The molecule has 0 aromatic heterocycles. The van der Waals surface area contributed by atoms with Gasteiger partial charge in [-0.2, -0.15) is 0 Å². The largest absolute Gasteiger partial charge is 0.445 e. The van der Waals surface area contributed by atoms with E-state index in [1.54, 1.807) is 0 Å². The first kappa shape index (κ1) is 23.3. The Morgan fingerprint density at radius 2 is 1.47 bits per heavy atom. The van der Waals surface area contributed by atoms with Crippen molar-refractivity contribution in [1.29, 1.82) is 0 Å². The first-order valence-corrected chi connectivity index (χ1v) is 13.6. The second kappa shape index (κ2) is 10.1. The molecule has 0 unspecified atom stereocenters. The van der Waals surface area contributed by atoms with Crippen LogP contribution in [0, 0.1) is 0 Å². The molecule has 0 radical (unpaired) electrons. The van der Waals surface area contributed by atoms with E-state index in [0.29, 0.717) is 12.1 Å². The Hall–Kier alpha value is -3.12. The van der Waals surface area contributed by atoms with Crippen LogP contribution in [-0.4, -0.2) is 66.2 Å². The minimum atomic E-state index is -0.255. The highest BCUT2D eigenvalue weighted by Crippen LogP contribution is 2.31. The second-order valence-corrected chi connectivity index (χ2v) is 10.7. The van der Waals surface area contributed by atoms with Gasteiger partial charge in [-0.3, -0.25) is 9.69 Å². The van der Waals surface area contributed by atoms with Gasteiger partial charge < -0.3 is 15.0 Å². The van der Waals surface area contributed by atoms with Gasteiger partial charge in [0, 0.05) is 31.7 Å². The number of carbonyl (C=O) groups excluding carboxylic acids is 2. The third-order valence-electron chi connectivity index (χ3n) is 8.36. The summed E-state index contributed by atoms with van der Waals surface area (Å²) in [7, 11) is 0. The Labute approximate surface area is 212 Å². The molecule has 36 heavy (non-hydrogen) atoms. The summed E-state index contributed by atoms with van der Waals surface area (Å²) in [6.45, 7) is 3.35. The van der Waals surface area contributed by atoms with E-state index >= 15 is 0 Å². The fraction of sp³-hybridized carbons (Fsp3) is 0.467.